The second-order valence-electron chi connectivity index (χ2n) is 10.5. The molecule has 0 aliphatic heterocycles. The number of carbonyl (C=O) groups excluding carboxylic acids is 3. The molecule has 1 aliphatic carbocycles. The molecule has 0 spiro atoms. The van der Waals surface area contributed by atoms with Gasteiger partial charge < -0.3 is 25.4 Å². The van der Waals surface area contributed by atoms with E-state index in [1.165, 1.54) is 12.1 Å². The van der Waals surface area contributed by atoms with Gasteiger partial charge in [-0.15, -0.1) is 0 Å². The van der Waals surface area contributed by atoms with Crippen molar-refractivity contribution in [2.75, 3.05) is 0 Å². The van der Waals surface area contributed by atoms with Crippen molar-refractivity contribution in [3.05, 3.63) is 65.7 Å². The van der Waals surface area contributed by atoms with E-state index in [9.17, 15) is 19.5 Å². The van der Waals surface area contributed by atoms with Crippen molar-refractivity contribution in [2.45, 2.75) is 83.6 Å². The minimum absolute atomic E-state index is 0.104. The third-order valence-electron chi connectivity index (χ3n) is 5.63. The van der Waals surface area contributed by atoms with Crippen molar-refractivity contribution in [1.82, 2.24) is 15.5 Å². The van der Waals surface area contributed by atoms with Crippen LogP contribution in [0.5, 0.6) is 5.75 Å². The van der Waals surface area contributed by atoms with Crippen LogP contribution in [-0.4, -0.2) is 51.6 Å². The fraction of sp³-hybridized carbons (Fsp3) is 0.464. The summed E-state index contributed by atoms with van der Waals surface area (Å²) in [6, 6.07) is 13.7. The Bertz CT molecular complexity index is 1040. The minimum atomic E-state index is -0.969. The van der Waals surface area contributed by atoms with Crippen molar-refractivity contribution in [3.63, 3.8) is 0 Å². The van der Waals surface area contributed by atoms with Crippen LogP contribution >= 0.6 is 0 Å². The molecule has 8 heteroatoms. The Morgan fingerprint density at radius 2 is 1.61 bits per heavy atom. The van der Waals surface area contributed by atoms with Gasteiger partial charge in [0.2, 0.25) is 11.8 Å². The van der Waals surface area contributed by atoms with Crippen LogP contribution in [0.4, 0.5) is 4.79 Å². The summed E-state index contributed by atoms with van der Waals surface area (Å²) >= 11 is 0. The molecule has 0 bridgehead atoms. The lowest BCUT2D eigenvalue weighted by Crippen LogP contribution is -2.55. The number of amides is 3. The summed E-state index contributed by atoms with van der Waals surface area (Å²) in [5.74, 6) is -0.517. The molecule has 2 atom stereocenters. The molecule has 3 amide bonds. The van der Waals surface area contributed by atoms with Gasteiger partial charge in [-0.05, 0) is 70.7 Å². The van der Waals surface area contributed by atoms with Crippen LogP contribution in [0.3, 0.4) is 0 Å². The second-order valence-corrected chi connectivity index (χ2v) is 10.5. The number of phenols is 1. The van der Waals surface area contributed by atoms with Crippen LogP contribution in [0.1, 0.15) is 64.6 Å². The molecule has 194 valence electrons. The highest BCUT2D eigenvalue weighted by molar-refractivity contribution is 5.92. The Morgan fingerprint density at radius 3 is 2.14 bits per heavy atom. The lowest BCUT2D eigenvalue weighted by atomic mass is 10.00. The van der Waals surface area contributed by atoms with Gasteiger partial charge in [0.1, 0.15) is 23.4 Å². The van der Waals surface area contributed by atoms with E-state index in [0.29, 0.717) is 5.56 Å². The average molecular weight is 496 g/mol. The first kappa shape index (κ1) is 27.0. The summed E-state index contributed by atoms with van der Waals surface area (Å²) in [7, 11) is 0. The number of rotatable bonds is 9. The maximum Gasteiger partial charge on any atom is 0.408 e. The van der Waals surface area contributed by atoms with Crippen LogP contribution in [-0.2, 0) is 20.7 Å². The Kier molecular flexibility index (Phi) is 8.61. The Morgan fingerprint density at radius 1 is 1.00 bits per heavy atom. The predicted molar refractivity (Wildman–Crippen MR) is 137 cm³/mol. The summed E-state index contributed by atoms with van der Waals surface area (Å²) < 4.78 is 5.44. The van der Waals surface area contributed by atoms with Crippen molar-refractivity contribution >= 4 is 17.9 Å². The van der Waals surface area contributed by atoms with Crippen LogP contribution in [0.15, 0.2) is 54.6 Å². The number of ether oxygens (including phenoxy) is 1. The molecule has 1 fully saturated rings. The standard InChI is InChI=1S/C28H37N3O5/c1-18(2)29-25(33)24(20-9-7-6-8-10-20)31(21-13-14-21)26(34)23(30-27(35)36-28(3,4)5)17-19-11-15-22(32)16-12-19/h6-12,15-16,18,21,23-24,32H,13-14,17H2,1-5H3,(H,29,33)(H,30,35). The van der Waals surface area contributed by atoms with E-state index < -0.39 is 23.8 Å². The fourth-order valence-corrected chi connectivity index (χ4v) is 4.01. The summed E-state index contributed by atoms with van der Waals surface area (Å²) in [6.45, 7) is 9.01. The first-order valence-corrected chi connectivity index (χ1v) is 12.4. The van der Waals surface area contributed by atoms with E-state index in [4.69, 9.17) is 4.74 Å². The number of carbonyl (C=O) groups is 3. The molecular weight excluding hydrogens is 458 g/mol. The monoisotopic (exact) mass is 495 g/mol. The van der Waals surface area contributed by atoms with Gasteiger partial charge in [-0.2, -0.15) is 0 Å². The number of benzene rings is 2. The fourth-order valence-electron chi connectivity index (χ4n) is 4.01. The van der Waals surface area contributed by atoms with Gasteiger partial charge in [0.05, 0.1) is 0 Å². The molecule has 1 saturated carbocycles. The molecule has 2 aromatic rings. The number of aromatic hydroxyl groups is 1. The van der Waals surface area contributed by atoms with Crippen LogP contribution in [0.25, 0.3) is 0 Å². The number of hydrogen-bond donors (Lipinski definition) is 3. The molecule has 36 heavy (non-hydrogen) atoms. The summed E-state index contributed by atoms with van der Waals surface area (Å²) in [5.41, 5.74) is 0.716. The van der Waals surface area contributed by atoms with Crippen LogP contribution < -0.4 is 10.6 Å². The van der Waals surface area contributed by atoms with Gasteiger partial charge in [-0.3, -0.25) is 9.59 Å². The van der Waals surface area contributed by atoms with Gasteiger partial charge in [0.25, 0.3) is 0 Å². The molecule has 0 saturated heterocycles. The molecule has 2 unspecified atom stereocenters. The molecule has 1 aliphatic rings. The summed E-state index contributed by atoms with van der Waals surface area (Å²) in [4.78, 5) is 41.9. The van der Waals surface area contributed by atoms with Crippen LogP contribution in [0.2, 0.25) is 0 Å². The normalized spacial score (nSPS) is 15.1. The Hall–Kier alpha value is -3.55. The Balaban J connectivity index is 1.97. The molecule has 3 N–H and O–H groups in total. The third kappa shape index (κ3) is 7.73. The first-order valence-electron chi connectivity index (χ1n) is 12.4. The van der Waals surface area contributed by atoms with E-state index in [1.54, 1.807) is 37.8 Å². The molecule has 0 heterocycles. The predicted octanol–water partition coefficient (Wildman–Crippen LogP) is 4.08. The van der Waals surface area contributed by atoms with E-state index in [-0.39, 0.29) is 36.1 Å². The van der Waals surface area contributed by atoms with Gasteiger partial charge in [0.15, 0.2) is 0 Å². The smallest absolute Gasteiger partial charge is 0.408 e. The van der Waals surface area contributed by atoms with Gasteiger partial charge in [-0.1, -0.05) is 42.5 Å². The zero-order chi connectivity index (χ0) is 26.5. The lowest BCUT2D eigenvalue weighted by Gasteiger charge is -2.35. The third-order valence-corrected chi connectivity index (χ3v) is 5.63. The number of phenolic OH excluding ortho intramolecular Hbond substituents is 1. The Labute approximate surface area is 213 Å². The van der Waals surface area contributed by atoms with Crippen LogP contribution in [0, 0.1) is 0 Å². The maximum absolute atomic E-state index is 14.1. The molecule has 8 nitrogen and oxygen atoms in total. The second kappa shape index (κ2) is 11.5. The number of nitrogens with zero attached hydrogens (tertiary/aromatic N) is 1. The van der Waals surface area contributed by atoms with E-state index in [1.807, 2.05) is 44.2 Å². The molecular formula is C28H37N3O5. The number of hydrogen-bond acceptors (Lipinski definition) is 5. The van der Waals surface area contributed by atoms with E-state index in [2.05, 4.69) is 10.6 Å². The quantitative estimate of drug-likeness (QED) is 0.486. The van der Waals surface area contributed by atoms with Gasteiger partial charge >= 0.3 is 6.09 Å². The minimum Gasteiger partial charge on any atom is -0.508 e. The SMILES string of the molecule is CC(C)NC(=O)C(c1ccccc1)N(C(=O)C(Cc1ccc(O)cc1)NC(=O)OC(C)(C)C)C1CC1. The van der Waals surface area contributed by atoms with Crippen molar-refractivity contribution < 1.29 is 24.2 Å². The zero-order valence-corrected chi connectivity index (χ0v) is 21.7. The lowest BCUT2D eigenvalue weighted by molar-refractivity contribution is -0.143. The number of nitrogens with one attached hydrogen (secondary N) is 2. The van der Waals surface area contributed by atoms with Crippen molar-refractivity contribution in [1.29, 1.82) is 0 Å². The molecule has 2 aromatic carbocycles. The van der Waals surface area contributed by atoms with Crippen molar-refractivity contribution in [3.8, 4) is 5.75 Å². The zero-order valence-electron chi connectivity index (χ0n) is 21.7. The first-order chi connectivity index (χ1) is 16.9. The summed E-state index contributed by atoms with van der Waals surface area (Å²) in [5, 5.41) is 15.4. The van der Waals surface area contributed by atoms with Gasteiger partial charge in [0, 0.05) is 18.5 Å². The highest BCUT2D eigenvalue weighted by Gasteiger charge is 2.44. The molecule has 3 rings (SSSR count). The van der Waals surface area contributed by atoms with Gasteiger partial charge in [-0.25, -0.2) is 4.79 Å². The molecule has 0 aromatic heterocycles. The summed E-state index contributed by atoms with van der Waals surface area (Å²) in [6.07, 6.45) is 1.03. The topological polar surface area (TPSA) is 108 Å². The maximum atomic E-state index is 14.1. The average Bonchev–Trinajstić information content (AvgIpc) is 3.62. The van der Waals surface area contributed by atoms with E-state index in [0.717, 1.165) is 18.4 Å². The highest BCUT2D eigenvalue weighted by Crippen LogP contribution is 2.36. The highest BCUT2D eigenvalue weighted by atomic mass is 16.6. The number of alkyl carbamates (subject to hydrolysis) is 1. The van der Waals surface area contributed by atoms with E-state index >= 15 is 0 Å². The molecule has 0 radical (unpaired) electrons. The van der Waals surface area contributed by atoms with Crippen molar-refractivity contribution in [2.24, 2.45) is 0 Å². The largest absolute Gasteiger partial charge is 0.508 e.